The van der Waals surface area contributed by atoms with Gasteiger partial charge in [0, 0.05) is 16.7 Å². The Morgan fingerprint density at radius 3 is 2.69 bits per heavy atom. The Labute approximate surface area is 101 Å². The molecule has 2 atom stereocenters. The summed E-state index contributed by atoms with van der Waals surface area (Å²) in [7, 11) is 1.93. The Morgan fingerprint density at radius 1 is 1.38 bits per heavy atom. The molecule has 0 aliphatic heterocycles. The molecule has 0 aliphatic rings. The zero-order valence-corrected chi connectivity index (χ0v) is 10.5. The normalized spacial score (nSPS) is 14.8. The predicted molar refractivity (Wildman–Crippen MR) is 67.7 cm³/mol. The molecule has 4 heteroatoms. The second-order valence-corrected chi connectivity index (χ2v) is 4.76. The first-order chi connectivity index (χ1) is 7.69. The highest BCUT2D eigenvalue weighted by molar-refractivity contribution is 7.99. The van der Waals surface area contributed by atoms with Gasteiger partial charge in [-0.25, -0.2) is 0 Å². The number of rotatable bonds is 6. The lowest BCUT2D eigenvalue weighted by Crippen LogP contribution is -2.16. The fraction of sp³-hybridized carbons (Fsp3) is 0.500. The Kier molecular flexibility index (Phi) is 5.84. The first-order valence-corrected chi connectivity index (χ1v) is 6.35. The van der Waals surface area contributed by atoms with Crippen molar-refractivity contribution in [1.29, 1.82) is 0 Å². The van der Waals surface area contributed by atoms with Gasteiger partial charge in [-0.1, -0.05) is 18.2 Å². The highest BCUT2D eigenvalue weighted by atomic mass is 32.2. The molecule has 0 fully saturated rings. The lowest BCUT2D eigenvalue weighted by molar-refractivity contribution is 0.113. The van der Waals surface area contributed by atoms with Crippen LogP contribution in [0.2, 0.25) is 0 Å². The smallest absolute Gasteiger partial charge is 0.0864 e. The SMILES string of the molecule is CNC(C)c1ccccc1SCC(O)CO. The minimum atomic E-state index is -0.650. The molecular formula is C12H19NO2S. The minimum absolute atomic E-state index is 0.184. The zero-order chi connectivity index (χ0) is 12.0. The highest BCUT2D eigenvalue weighted by Crippen LogP contribution is 2.27. The first-order valence-electron chi connectivity index (χ1n) is 5.37. The van der Waals surface area contributed by atoms with Gasteiger partial charge in [0.1, 0.15) is 0 Å². The van der Waals surface area contributed by atoms with Crippen molar-refractivity contribution in [3.8, 4) is 0 Å². The summed E-state index contributed by atoms with van der Waals surface area (Å²) in [5, 5.41) is 21.3. The van der Waals surface area contributed by atoms with Crippen LogP contribution in [0.1, 0.15) is 18.5 Å². The van der Waals surface area contributed by atoms with E-state index in [0.29, 0.717) is 5.75 Å². The van der Waals surface area contributed by atoms with Gasteiger partial charge in [-0.15, -0.1) is 11.8 Å². The van der Waals surface area contributed by atoms with Crippen molar-refractivity contribution in [1.82, 2.24) is 5.32 Å². The summed E-state index contributed by atoms with van der Waals surface area (Å²) in [6, 6.07) is 8.40. The summed E-state index contributed by atoms with van der Waals surface area (Å²) < 4.78 is 0. The molecule has 0 heterocycles. The van der Waals surface area contributed by atoms with Crippen LogP contribution in [0, 0.1) is 0 Å². The lowest BCUT2D eigenvalue weighted by Gasteiger charge is -2.16. The van der Waals surface area contributed by atoms with Crippen molar-refractivity contribution >= 4 is 11.8 Å². The third-order valence-electron chi connectivity index (χ3n) is 2.46. The average molecular weight is 241 g/mol. The lowest BCUT2D eigenvalue weighted by atomic mass is 10.1. The molecule has 0 radical (unpaired) electrons. The van der Waals surface area contributed by atoms with Crippen LogP contribution in [0.15, 0.2) is 29.2 Å². The number of hydrogen-bond donors (Lipinski definition) is 3. The van der Waals surface area contributed by atoms with E-state index in [9.17, 15) is 5.11 Å². The topological polar surface area (TPSA) is 52.5 Å². The Hall–Kier alpha value is -0.550. The van der Waals surface area contributed by atoms with Gasteiger partial charge >= 0.3 is 0 Å². The van der Waals surface area contributed by atoms with Gasteiger partial charge in [-0.05, 0) is 25.6 Å². The molecule has 0 saturated carbocycles. The number of nitrogens with one attached hydrogen (secondary N) is 1. The summed E-state index contributed by atoms with van der Waals surface area (Å²) in [5.74, 6) is 0.518. The summed E-state index contributed by atoms with van der Waals surface area (Å²) >= 11 is 1.57. The molecule has 90 valence electrons. The van der Waals surface area contributed by atoms with Gasteiger partial charge in [-0.3, -0.25) is 0 Å². The molecule has 3 nitrogen and oxygen atoms in total. The number of thioether (sulfide) groups is 1. The molecular weight excluding hydrogens is 222 g/mol. The van der Waals surface area contributed by atoms with Crippen LogP contribution >= 0.6 is 11.8 Å². The molecule has 0 spiro atoms. The first kappa shape index (κ1) is 13.5. The molecule has 0 aromatic heterocycles. The van der Waals surface area contributed by atoms with Gasteiger partial charge in [0.2, 0.25) is 0 Å². The summed E-state index contributed by atoms with van der Waals surface area (Å²) in [6.45, 7) is 1.92. The van der Waals surface area contributed by atoms with Crippen molar-refractivity contribution in [3.63, 3.8) is 0 Å². The Bertz CT molecular complexity index is 320. The average Bonchev–Trinajstić information content (AvgIpc) is 2.35. The number of aliphatic hydroxyl groups is 2. The molecule has 1 aromatic carbocycles. The fourth-order valence-electron chi connectivity index (χ4n) is 1.36. The number of aliphatic hydroxyl groups excluding tert-OH is 2. The van der Waals surface area contributed by atoms with Crippen molar-refractivity contribution in [2.45, 2.75) is 24.0 Å². The maximum atomic E-state index is 9.32. The second-order valence-electron chi connectivity index (χ2n) is 3.70. The van der Waals surface area contributed by atoms with Gasteiger partial charge in [0.05, 0.1) is 12.7 Å². The number of benzene rings is 1. The van der Waals surface area contributed by atoms with Crippen molar-refractivity contribution in [2.24, 2.45) is 0 Å². The van der Waals surface area contributed by atoms with Crippen LogP contribution in [0.4, 0.5) is 0 Å². The number of hydrogen-bond acceptors (Lipinski definition) is 4. The monoisotopic (exact) mass is 241 g/mol. The maximum Gasteiger partial charge on any atom is 0.0864 e. The molecule has 2 unspecified atom stereocenters. The highest BCUT2D eigenvalue weighted by Gasteiger charge is 2.10. The molecule has 0 amide bonds. The van der Waals surface area contributed by atoms with E-state index in [-0.39, 0.29) is 12.6 Å². The molecule has 0 bridgehead atoms. The Morgan fingerprint density at radius 2 is 2.06 bits per heavy atom. The molecule has 0 saturated heterocycles. The van der Waals surface area contributed by atoms with Gasteiger partial charge in [0.15, 0.2) is 0 Å². The molecule has 16 heavy (non-hydrogen) atoms. The van der Waals surface area contributed by atoms with Crippen molar-refractivity contribution in [3.05, 3.63) is 29.8 Å². The van der Waals surface area contributed by atoms with E-state index in [1.807, 2.05) is 25.2 Å². The van der Waals surface area contributed by atoms with E-state index in [0.717, 1.165) is 4.90 Å². The maximum absolute atomic E-state index is 9.32. The van der Waals surface area contributed by atoms with E-state index < -0.39 is 6.10 Å². The second kappa shape index (κ2) is 6.91. The van der Waals surface area contributed by atoms with E-state index in [4.69, 9.17) is 5.11 Å². The van der Waals surface area contributed by atoms with Crippen molar-refractivity contribution in [2.75, 3.05) is 19.4 Å². The van der Waals surface area contributed by atoms with Gasteiger partial charge in [-0.2, -0.15) is 0 Å². The van der Waals surface area contributed by atoms with E-state index in [2.05, 4.69) is 18.3 Å². The van der Waals surface area contributed by atoms with Crippen molar-refractivity contribution < 1.29 is 10.2 Å². The van der Waals surface area contributed by atoms with Crippen LogP contribution in [-0.4, -0.2) is 35.7 Å². The molecule has 1 rings (SSSR count). The van der Waals surface area contributed by atoms with Gasteiger partial charge < -0.3 is 15.5 Å². The summed E-state index contributed by atoms with van der Waals surface area (Å²) in [5.41, 5.74) is 1.22. The van der Waals surface area contributed by atoms with Gasteiger partial charge in [0.25, 0.3) is 0 Å². The summed E-state index contributed by atoms with van der Waals surface area (Å²) in [6.07, 6.45) is -0.650. The Balaban J connectivity index is 2.71. The van der Waals surface area contributed by atoms with E-state index in [1.54, 1.807) is 11.8 Å². The van der Waals surface area contributed by atoms with Crippen LogP contribution in [0.25, 0.3) is 0 Å². The third kappa shape index (κ3) is 3.79. The molecule has 0 aliphatic carbocycles. The van der Waals surface area contributed by atoms with E-state index in [1.165, 1.54) is 5.56 Å². The fourth-order valence-corrected chi connectivity index (χ4v) is 2.43. The largest absolute Gasteiger partial charge is 0.394 e. The minimum Gasteiger partial charge on any atom is -0.394 e. The molecule has 1 aromatic rings. The molecule has 3 N–H and O–H groups in total. The quantitative estimate of drug-likeness (QED) is 0.659. The van der Waals surface area contributed by atoms with Crippen LogP contribution in [-0.2, 0) is 0 Å². The standard InChI is InChI=1S/C12H19NO2S/c1-9(13-2)11-5-3-4-6-12(11)16-8-10(15)7-14/h3-6,9-10,13-15H,7-8H2,1-2H3. The van der Waals surface area contributed by atoms with E-state index >= 15 is 0 Å². The van der Waals surface area contributed by atoms with Crippen LogP contribution in [0.5, 0.6) is 0 Å². The zero-order valence-electron chi connectivity index (χ0n) is 9.68. The summed E-state index contributed by atoms with van der Waals surface area (Å²) in [4.78, 5) is 1.15. The predicted octanol–water partition coefficient (Wildman–Crippen LogP) is 1.41. The van der Waals surface area contributed by atoms with Crippen LogP contribution in [0.3, 0.4) is 0 Å². The third-order valence-corrected chi connectivity index (χ3v) is 3.69. The van der Waals surface area contributed by atoms with Crippen LogP contribution < -0.4 is 5.32 Å².